The van der Waals surface area contributed by atoms with Gasteiger partial charge in [-0.1, -0.05) is 0 Å². The number of nitrogens with zero attached hydrogens (tertiary/aromatic N) is 1. The van der Waals surface area contributed by atoms with Crippen molar-refractivity contribution in [3.05, 3.63) is 41.7 Å². The number of hydrogen-bond acceptors (Lipinski definition) is 8. The smallest absolute Gasteiger partial charge is 0.333 e. The van der Waals surface area contributed by atoms with Crippen LogP contribution in [0.25, 0.3) is 0 Å². The van der Waals surface area contributed by atoms with Crippen molar-refractivity contribution in [1.29, 1.82) is 0 Å². The van der Waals surface area contributed by atoms with Crippen LogP contribution in [-0.4, -0.2) is 42.7 Å². The van der Waals surface area contributed by atoms with Gasteiger partial charge in [0.25, 0.3) is 0 Å². The maximum atomic E-state index is 13.7. The Labute approximate surface area is 184 Å². The van der Waals surface area contributed by atoms with Crippen LogP contribution in [0.5, 0.6) is 17.2 Å². The molecule has 0 aliphatic heterocycles. The lowest BCUT2D eigenvalue weighted by atomic mass is 10.1. The largest absolute Gasteiger partial charge is 0.502 e. The maximum Gasteiger partial charge on any atom is 0.333 e. The van der Waals surface area contributed by atoms with E-state index >= 15 is 0 Å². The first kappa shape index (κ1) is 25.0. The molecular weight excluding hydrogens is 419 g/mol. The van der Waals surface area contributed by atoms with E-state index in [0.717, 1.165) is 11.3 Å². The third-order valence-corrected chi connectivity index (χ3v) is 6.72. The SMILES string of the molecule is COc1cc(C(CP(=O)(OC(C)C)OC(C)C)Nc2cnccc2C)cc(OC)c1O. The Hall–Kier alpha value is -2.28. The van der Waals surface area contributed by atoms with Crippen molar-refractivity contribution in [3.63, 3.8) is 0 Å². The molecule has 1 unspecified atom stereocenters. The van der Waals surface area contributed by atoms with Crippen molar-refractivity contribution in [2.24, 2.45) is 0 Å². The number of benzene rings is 1. The van der Waals surface area contributed by atoms with Gasteiger partial charge in [-0.3, -0.25) is 9.55 Å². The minimum Gasteiger partial charge on any atom is -0.502 e. The van der Waals surface area contributed by atoms with Gasteiger partial charge in [0.15, 0.2) is 11.5 Å². The van der Waals surface area contributed by atoms with Crippen molar-refractivity contribution in [2.75, 3.05) is 25.7 Å². The van der Waals surface area contributed by atoms with Gasteiger partial charge in [-0.25, -0.2) is 0 Å². The molecule has 0 saturated carbocycles. The molecule has 0 saturated heterocycles. The molecule has 1 atom stereocenters. The molecule has 1 heterocycles. The summed E-state index contributed by atoms with van der Waals surface area (Å²) in [6.07, 6.45) is 2.89. The Kier molecular flexibility index (Phi) is 8.74. The average Bonchev–Trinajstić information content (AvgIpc) is 2.67. The van der Waals surface area contributed by atoms with Gasteiger partial charge in [0.2, 0.25) is 5.75 Å². The van der Waals surface area contributed by atoms with Gasteiger partial charge in [-0.05, 0) is 63.9 Å². The number of nitrogens with one attached hydrogen (secondary N) is 1. The summed E-state index contributed by atoms with van der Waals surface area (Å²) in [6, 6.07) is 4.73. The predicted molar refractivity (Wildman–Crippen MR) is 121 cm³/mol. The summed E-state index contributed by atoms with van der Waals surface area (Å²) < 4.78 is 35.8. The Balaban J connectivity index is 2.55. The van der Waals surface area contributed by atoms with Gasteiger partial charge in [-0.15, -0.1) is 0 Å². The average molecular weight is 452 g/mol. The summed E-state index contributed by atoms with van der Waals surface area (Å²) in [4.78, 5) is 4.18. The maximum absolute atomic E-state index is 13.7. The molecule has 0 amide bonds. The number of ether oxygens (including phenoxy) is 2. The molecule has 2 aromatic rings. The van der Waals surface area contributed by atoms with Crippen LogP contribution in [-0.2, 0) is 13.6 Å². The second-order valence-corrected chi connectivity index (χ2v) is 9.77. The zero-order valence-electron chi connectivity index (χ0n) is 19.2. The molecule has 31 heavy (non-hydrogen) atoms. The summed E-state index contributed by atoms with van der Waals surface area (Å²) in [5.41, 5.74) is 2.44. The molecule has 9 heteroatoms. The lowest BCUT2D eigenvalue weighted by molar-refractivity contribution is 0.142. The van der Waals surface area contributed by atoms with Crippen LogP contribution in [0.4, 0.5) is 5.69 Å². The second kappa shape index (κ2) is 10.8. The summed E-state index contributed by atoms with van der Waals surface area (Å²) in [7, 11) is -0.573. The van der Waals surface area contributed by atoms with Crippen LogP contribution in [0, 0.1) is 6.92 Å². The third-order valence-electron chi connectivity index (χ3n) is 4.42. The minimum atomic E-state index is -3.49. The van der Waals surface area contributed by atoms with Gasteiger partial charge < -0.3 is 28.9 Å². The first-order valence-electron chi connectivity index (χ1n) is 10.2. The molecule has 172 valence electrons. The molecule has 0 radical (unpaired) electrons. The Bertz CT molecular complexity index is 880. The van der Waals surface area contributed by atoms with E-state index < -0.39 is 13.6 Å². The van der Waals surface area contributed by atoms with E-state index in [1.807, 2.05) is 40.7 Å². The number of methoxy groups -OCH3 is 2. The summed E-state index contributed by atoms with van der Waals surface area (Å²) in [5, 5.41) is 13.7. The molecule has 0 aliphatic carbocycles. The van der Waals surface area contributed by atoms with Crippen LogP contribution in [0.15, 0.2) is 30.6 Å². The molecule has 1 aromatic carbocycles. The van der Waals surface area contributed by atoms with Gasteiger partial charge >= 0.3 is 7.60 Å². The summed E-state index contributed by atoms with van der Waals surface area (Å²) >= 11 is 0. The highest BCUT2D eigenvalue weighted by atomic mass is 31.2. The van der Waals surface area contributed by atoms with Crippen LogP contribution in [0.3, 0.4) is 0 Å². The first-order chi connectivity index (χ1) is 14.6. The normalized spacial score (nSPS) is 12.8. The van der Waals surface area contributed by atoms with Gasteiger partial charge in [0, 0.05) is 6.20 Å². The minimum absolute atomic E-state index is 0.0504. The van der Waals surface area contributed by atoms with Crippen molar-refractivity contribution in [2.45, 2.75) is 52.9 Å². The second-order valence-electron chi connectivity index (χ2n) is 7.76. The predicted octanol–water partition coefficient (Wildman–Crippen LogP) is 5.31. The lowest BCUT2D eigenvalue weighted by Gasteiger charge is -2.29. The Morgan fingerprint density at radius 2 is 1.61 bits per heavy atom. The number of phenols is 1. The zero-order valence-corrected chi connectivity index (χ0v) is 20.1. The van der Waals surface area contributed by atoms with E-state index in [2.05, 4.69) is 10.3 Å². The molecule has 0 bridgehead atoms. The van der Waals surface area contributed by atoms with Gasteiger partial charge in [0.05, 0.1) is 50.5 Å². The highest BCUT2D eigenvalue weighted by Crippen LogP contribution is 2.54. The molecule has 2 N–H and O–H groups in total. The summed E-state index contributed by atoms with van der Waals surface area (Å²) in [5.74, 6) is 0.381. The highest BCUT2D eigenvalue weighted by molar-refractivity contribution is 7.53. The van der Waals surface area contributed by atoms with E-state index in [1.165, 1.54) is 14.2 Å². The standard InChI is InChI=1S/C22H33N2O6P/c1-14(2)29-31(26,30-15(3)4)13-19(24-18-12-23-9-8-16(18)5)17-10-20(27-6)22(25)21(11-17)28-7/h8-12,14-15,19,24-25H,13H2,1-7H3. The van der Waals surface area contributed by atoms with E-state index in [-0.39, 0.29) is 35.6 Å². The van der Waals surface area contributed by atoms with Crippen molar-refractivity contribution < 1.29 is 28.2 Å². The number of aromatic hydroxyl groups is 1. The van der Waals surface area contributed by atoms with Gasteiger partial charge in [0.1, 0.15) is 0 Å². The topological polar surface area (TPSA) is 99.1 Å². The number of rotatable bonds is 11. The summed E-state index contributed by atoms with van der Waals surface area (Å²) in [6.45, 7) is 9.22. The molecular formula is C22H33N2O6P. The molecule has 0 spiro atoms. The highest BCUT2D eigenvalue weighted by Gasteiger charge is 2.33. The fraction of sp³-hybridized carbons (Fsp3) is 0.500. The van der Waals surface area contributed by atoms with E-state index in [9.17, 15) is 9.67 Å². The number of phenolic OH excluding ortho intramolecular Hbond substituents is 1. The fourth-order valence-corrected chi connectivity index (χ4v) is 5.39. The number of pyridine rings is 1. The monoisotopic (exact) mass is 452 g/mol. The van der Waals surface area contributed by atoms with Crippen molar-refractivity contribution in [3.8, 4) is 17.2 Å². The fourth-order valence-electron chi connectivity index (χ4n) is 3.13. The molecule has 8 nitrogen and oxygen atoms in total. The van der Waals surface area contributed by atoms with E-state index in [1.54, 1.807) is 24.5 Å². The number of hydrogen-bond donors (Lipinski definition) is 2. The van der Waals surface area contributed by atoms with E-state index in [4.69, 9.17) is 18.5 Å². The molecule has 0 aliphatic rings. The lowest BCUT2D eigenvalue weighted by Crippen LogP contribution is -2.20. The Morgan fingerprint density at radius 1 is 1.06 bits per heavy atom. The molecule has 0 fully saturated rings. The Morgan fingerprint density at radius 3 is 2.06 bits per heavy atom. The van der Waals surface area contributed by atoms with Crippen LogP contribution in [0.1, 0.15) is 44.9 Å². The van der Waals surface area contributed by atoms with Crippen molar-refractivity contribution in [1.82, 2.24) is 4.98 Å². The number of anilines is 1. The van der Waals surface area contributed by atoms with Crippen LogP contribution < -0.4 is 14.8 Å². The zero-order chi connectivity index (χ0) is 23.2. The van der Waals surface area contributed by atoms with Crippen LogP contribution >= 0.6 is 7.60 Å². The number of aryl methyl sites for hydroxylation is 1. The van der Waals surface area contributed by atoms with Crippen LogP contribution in [0.2, 0.25) is 0 Å². The third kappa shape index (κ3) is 6.86. The first-order valence-corrected chi connectivity index (χ1v) is 11.9. The molecule has 2 rings (SSSR count). The van der Waals surface area contributed by atoms with Crippen molar-refractivity contribution >= 4 is 13.3 Å². The number of aromatic nitrogens is 1. The quantitative estimate of drug-likeness (QED) is 0.443. The molecule has 1 aromatic heterocycles. The van der Waals surface area contributed by atoms with Gasteiger partial charge in [-0.2, -0.15) is 0 Å². The van der Waals surface area contributed by atoms with E-state index in [0.29, 0.717) is 5.56 Å².